The molecule has 0 spiro atoms. The molecule has 0 unspecified atom stereocenters. The Kier molecular flexibility index (Phi) is 26.0. The molecule has 578 valence electrons. The molecule has 0 bridgehead atoms. The lowest BCUT2D eigenvalue weighted by Gasteiger charge is -2.39. The van der Waals surface area contributed by atoms with Crippen molar-refractivity contribution >= 4 is 82.8 Å². The molecule has 8 saturated heterocycles. The summed E-state index contributed by atoms with van der Waals surface area (Å²) in [5.41, 5.74) is 2.67. The Labute approximate surface area is 627 Å². The minimum Gasteiger partial charge on any atom is -0.461 e. The molecule has 0 aliphatic carbocycles. The molecule has 12 rings (SSSR count). The summed E-state index contributed by atoms with van der Waals surface area (Å²) in [6.45, 7) is 7.41. The third-order valence-corrected chi connectivity index (χ3v) is 21.5. The molecule has 14 atom stereocenters. The van der Waals surface area contributed by atoms with Crippen LogP contribution in [-0.4, -0.2) is 252 Å². The smallest absolute Gasteiger partial charge is 0.328 e. The average molecular weight is 1490 g/mol. The average Bonchev–Trinajstić information content (AvgIpc) is 0.991. The molecule has 8 fully saturated rings. The fourth-order valence-electron chi connectivity index (χ4n) is 16.0. The van der Waals surface area contributed by atoms with E-state index in [1.54, 1.807) is 62.4 Å². The fraction of sp³-hybridized carbons (Fsp3) is 0.558. The largest absolute Gasteiger partial charge is 0.461 e. The second-order valence-corrected chi connectivity index (χ2v) is 29.8. The van der Waals surface area contributed by atoms with Crippen molar-refractivity contribution in [3.8, 4) is 0 Å². The van der Waals surface area contributed by atoms with Crippen LogP contribution in [0.3, 0.4) is 0 Å². The van der Waals surface area contributed by atoms with Gasteiger partial charge in [-0.2, -0.15) is 5.10 Å². The lowest BCUT2D eigenvalue weighted by molar-refractivity contribution is -0.158. The molecular weight excluding hydrogens is 1390 g/mol. The number of amides is 12. The second kappa shape index (κ2) is 35.9. The highest BCUT2D eigenvalue weighted by atomic mass is 16.5. The Balaban J connectivity index is 0.000000215. The van der Waals surface area contributed by atoms with E-state index in [1.807, 2.05) is 74.5 Å². The number of cyclic esters (lactones) is 2. The van der Waals surface area contributed by atoms with Crippen molar-refractivity contribution in [2.75, 3.05) is 52.5 Å². The number of piperidine rings is 2. The van der Waals surface area contributed by atoms with Gasteiger partial charge in [-0.05, 0) is 132 Å². The summed E-state index contributed by atoms with van der Waals surface area (Å²) >= 11 is 0. The fourth-order valence-corrected chi connectivity index (χ4v) is 16.0. The zero-order valence-electron chi connectivity index (χ0n) is 61.8. The Bertz CT molecular complexity index is 3980. The number of hydrogen-bond acceptors (Lipinski definition) is 18. The molecule has 8 aliphatic heterocycles. The van der Waals surface area contributed by atoms with E-state index in [0.29, 0.717) is 101 Å². The molecule has 108 heavy (non-hydrogen) atoms. The number of benzene rings is 2. The van der Waals surface area contributed by atoms with E-state index in [4.69, 9.17) is 9.47 Å². The van der Waals surface area contributed by atoms with Crippen LogP contribution in [0.15, 0.2) is 97.5 Å². The molecule has 12 amide bonds. The number of rotatable bonds is 14. The number of ether oxygens (including phenoxy) is 2. The summed E-state index contributed by atoms with van der Waals surface area (Å²) in [5.74, 6) is -7.69. The third kappa shape index (κ3) is 19.2. The van der Waals surface area contributed by atoms with E-state index in [2.05, 4.69) is 42.0 Å². The van der Waals surface area contributed by atoms with Gasteiger partial charge < -0.3 is 70.8 Å². The molecule has 31 nitrogen and oxygen atoms in total. The van der Waals surface area contributed by atoms with Crippen molar-refractivity contribution in [1.29, 1.82) is 0 Å². The maximum Gasteiger partial charge on any atom is 0.328 e. The van der Waals surface area contributed by atoms with Crippen LogP contribution in [0, 0.1) is 11.8 Å². The molecule has 6 N–H and O–H groups in total. The van der Waals surface area contributed by atoms with Crippen LogP contribution >= 0.6 is 0 Å². The summed E-state index contributed by atoms with van der Waals surface area (Å²) in [7, 11) is 1.73. The maximum absolute atomic E-state index is 14.5. The van der Waals surface area contributed by atoms with E-state index < -0.39 is 157 Å². The minimum absolute atomic E-state index is 0.0346. The van der Waals surface area contributed by atoms with Gasteiger partial charge >= 0.3 is 11.9 Å². The minimum atomic E-state index is -1.42. The maximum atomic E-state index is 14.5. The lowest BCUT2D eigenvalue weighted by atomic mass is 9.99. The summed E-state index contributed by atoms with van der Waals surface area (Å²) in [6.07, 6.45) is 10.9. The van der Waals surface area contributed by atoms with E-state index in [9.17, 15) is 67.1 Å². The van der Waals surface area contributed by atoms with Gasteiger partial charge in [0.05, 0.1) is 18.5 Å². The highest BCUT2D eigenvalue weighted by Crippen LogP contribution is 2.31. The van der Waals surface area contributed by atoms with Crippen LogP contribution < -0.4 is 31.9 Å². The highest BCUT2D eigenvalue weighted by Gasteiger charge is 2.49. The number of aryl methyl sites for hydroxylation is 1. The number of nitrogens with one attached hydrogen (secondary N) is 6. The van der Waals surface area contributed by atoms with Gasteiger partial charge in [0.1, 0.15) is 85.7 Å². The van der Waals surface area contributed by atoms with E-state index in [1.165, 1.54) is 29.4 Å². The zero-order chi connectivity index (χ0) is 76.9. The first-order valence-corrected chi connectivity index (χ1v) is 37.8. The first-order valence-electron chi connectivity index (χ1n) is 37.8. The number of carbonyl (C=O) groups excluding carboxylic acids is 14. The molecule has 31 heteroatoms. The predicted molar refractivity (Wildman–Crippen MR) is 387 cm³/mol. The van der Waals surface area contributed by atoms with Gasteiger partial charge in [0, 0.05) is 77.7 Å². The van der Waals surface area contributed by atoms with Gasteiger partial charge in [0.15, 0.2) is 0 Å². The normalized spacial score (nSPS) is 27.3. The first kappa shape index (κ1) is 78.5. The van der Waals surface area contributed by atoms with Gasteiger partial charge in [-0.25, -0.2) is 9.59 Å². The topological polar surface area (TPSA) is 380 Å². The highest BCUT2D eigenvalue weighted by molar-refractivity contribution is 6.00. The monoisotopic (exact) mass is 1490 g/mol. The van der Waals surface area contributed by atoms with Crippen molar-refractivity contribution in [3.63, 3.8) is 0 Å². The predicted octanol–water partition coefficient (Wildman–Crippen LogP) is 0.352. The van der Waals surface area contributed by atoms with Crippen molar-refractivity contribution < 1.29 is 76.6 Å². The van der Waals surface area contributed by atoms with Crippen LogP contribution in [0.1, 0.15) is 127 Å². The Morgan fingerprint density at radius 3 is 1.31 bits per heavy atom. The van der Waals surface area contributed by atoms with Gasteiger partial charge in [-0.1, -0.05) is 80.6 Å². The van der Waals surface area contributed by atoms with Crippen molar-refractivity contribution in [2.24, 2.45) is 18.9 Å². The molecule has 8 aliphatic rings. The number of carbonyl (C=O) groups is 14. The Morgan fingerprint density at radius 1 is 0.472 bits per heavy atom. The van der Waals surface area contributed by atoms with Crippen LogP contribution in [-0.2, 0) is 109 Å². The second-order valence-electron chi connectivity index (χ2n) is 29.8. The number of hydrogen-bond donors (Lipinski definition) is 6. The lowest BCUT2D eigenvalue weighted by Crippen LogP contribution is -2.62. The number of fused-ring (bicyclic) bond motifs is 6. The Morgan fingerprint density at radius 2 is 0.889 bits per heavy atom. The van der Waals surface area contributed by atoms with Crippen LogP contribution in [0.5, 0.6) is 0 Å². The van der Waals surface area contributed by atoms with Crippen LogP contribution in [0.2, 0.25) is 0 Å². The van der Waals surface area contributed by atoms with Crippen molar-refractivity contribution in [1.82, 2.24) is 76.1 Å². The number of nitrogens with zero attached hydrogens (tertiary/aromatic N) is 9. The third-order valence-electron chi connectivity index (χ3n) is 21.5. The van der Waals surface area contributed by atoms with Gasteiger partial charge in [0.2, 0.25) is 70.9 Å². The number of aromatic nitrogens is 3. The molecule has 2 aromatic heterocycles. The summed E-state index contributed by atoms with van der Waals surface area (Å²) in [5, 5.41) is 20.9. The van der Waals surface area contributed by atoms with Gasteiger partial charge in [0.25, 0.3) is 0 Å². The van der Waals surface area contributed by atoms with Crippen molar-refractivity contribution in [3.05, 3.63) is 120 Å². The van der Waals surface area contributed by atoms with Crippen LogP contribution in [0.25, 0.3) is 0 Å². The van der Waals surface area contributed by atoms with E-state index >= 15 is 0 Å². The van der Waals surface area contributed by atoms with Gasteiger partial charge in [-0.3, -0.25) is 67.2 Å². The molecule has 0 saturated carbocycles. The molecule has 0 radical (unpaired) electrons. The molecule has 10 heterocycles. The summed E-state index contributed by atoms with van der Waals surface area (Å²) < 4.78 is 13.0. The first-order chi connectivity index (χ1) is 51.9. The standard InChI is InChI=1S/C39H49N7O8.C38H50N8O8/c1-24-18-32-39(53)54-23-29(43-34(48)28(19-26-10-4-3-5-11-26)42-33(47)20-27-12-8-15-40-21-27)37(51)45-17-9-14-31(45)38(52)44-16-7-6-13-30(44)35(49)41-25(2)36(50)46(32)22-24;1-23-18-31-38(53)54-22-28(41-33(48)27(19-25-10-5-4-6-11-25)40-32(47)20-26-14-17-43(3)42-26)36(51)45-16-9-13-30(45)37(52)44-15-8-7-12-29(44)34(49)39-24(2)35(50)46(31)21-23/h3-5,8,10-12,15,21,24-25,28-32H,6-7,9,13-14,16-20,22-23H2,1-2H3,(H,41,49)(H,42,47)(H,43,48);4-6,10-11,14,17,23-24,27-31H,7-9,12-13,15-16,18-22H2,1-3H3,(H,39,49)(H,40,47)(H,41,48)/t24-,25+,28+,29+,30+,31+,32+;23-,24+,27+,28+,29+,30+,31+/m11/s1. The molecule has 2 aromatic carbocycles. The Hall–Kier alpha value is -10.6. The van der Waals surface area contributed by atoms with Crippen LogP contribution in [0.4, 0.5) is 0 Å². The zero-order valence-corrected chi connectivity index (χ0v) is 61.8. The van der Waals surface area contributed by atoms with E-state index in [-0.39, 0.29) is 75.5 Å². The SMILES string of the molecule is C[C@@H]1C[C@H]2C(=O)OC[C@H](NC(=O)[C@H](Cc3ccccc3)NC(=O)Cc3cccnc3)C(=O)N3CCC[C@H]3C(=O)N3CCCC[C@H]3C(=O)N[C@@H](C)C(=O)N2C1.C[C@@H]1C[C@H]2C(=O)OC[C@H](NC(=O)[C@H](Cc3ccccc3)NC(=O)Cc3ccn(C)n3)C(=O)N3CCC[C@H]3C(=O)N3CCCC[C@H]3C(=O)N[C@@H](C)C(=O)N2C1. The number of esters is 2. The molecule has 4 aromatic rings. The van der Waals surface area contributed by atoms with Crippen molar-refractivity contribution in [2.45, 2.75) is 203 Å². The summed E-state index contributed by atoms with van der Waals surface area (Å²) in [4.78, 5) is 207. The quantitative estimate of drug-likeness (QED) is 0.0928. The molecular formula is C77H99N15O16. The van der Waals surface area contributed by atoms with E-state index in [0.717, 1.165) is 11.1 Å². The summed E-state index contributed by atoms with van der Waals surface area (Å²) in [6, 6.07) is 10.9. The van der Waals surface area contributed by atoms with Gasteiger partial charge in [-0.15, -0.1) is 0 Å². The number of pyridine rings is 1.